The van der Waals surface area contributed by atoms with Crippen LogP contribution in [-0.2, 0) is 22.4 Å². The van der Waals surface area contributed by atoms with E-state index in [1.807, 2.05) is 25.1 Å². The van der Waals surface area contributed by atoms with Crippen molar-refractivity contribution in [1.82, 2.24) is 0 Å². The van der Waals surface area contributed by atoms with Crippen LogP contribution in [0.4, 0.5) is 0 Å². The smallest absolute Gasteiger partial charge is 0.338 e. The number of rotatable bonds is 4. The summed E-state index contributed by atoms with van der Waals surface area (Å²) >= 11 is 0. The van der Waals surface area contributed by atoms with Crippen molar-refractivity contribution in [2.45, 2.75) is 46.5 Å². The Morgan fingerprint density at radius 3 is 1.81 bits per heavy atom. The number of benzene rings is 2. The Labute approximate surface area is 159 Å². The van der Waals surface area contributed by atoms with Gasteiger partial charge in [0.2, 0.25) is 0 Å². The summed E-state index contributed by atoms with van der Waals surface area (Å²) in [5.74, 6) is 0.225. The minimum atomic E-state index is -0.448. The Morgan fingerprint density at radius 2 is 1.33 bits per heavy atom. The van der Waals surface area contributed by atoms with Gasteiger partial charge in [-0.2, -0.15) is 0 Å². The molecule has 0 radical (unpaired) electrons. The van der Waals surface area contributed by atoms with Crippen molar-refractivity contribution in [2.75, 3.05) is 0 Å². The topological polar surface area (TPSA) is 52.6 Å². The molecule has 0 fully saturated rings. The van der Waals surface area contributed by atoms with Crippen LogP contribution in [0, 0.1) is 6.92 Å². The molecule has 0 bridgehead atoms. The van der Waals surface area contributed by atoms with E-state index in [4.69, 9.17) is 9.47 Å². The summed E-state index contributed by atoms with van der Waals surface area (Å²) in [4.78, 5) is 24.5. The lowest BCUT2D eigenvalue weighted by molar-refractivity contribution is -0.131. The first-order valence-electron chi connectivity index (χ1n) is 9.13. The molecule has 0 atom stereocenters. The zero-order valence-electron chi connectivity index (χ0n) is 16.1. The molecular weight excluding hydrogens is 340 g/mol. The highest BCUT2D eigenvalue weighted by atomic mass is 16.5. The fourth-order valence-corrected chi connectivity index (χ4v) is 3.37. The highest BCUT2D eigenvalue weighted by Crippen LogP contribution is 2.45. The van der Waals surface area contributed by atoms with Gasteiger partial charge in [-0.05, 0) is 52.5 Å². The summed E-state index contributed by atoms with van der Waals surface area (Å²) in [5, 5.41) is 1.54. The zero-order chi connectivity index (χ0) is 19.7. The first-order chi connectivity index (χ1) is 12.8. The fraction of sp³-hybridized carbons (Fsp3) is 0.304. The monoisotopic (exact) mass is 364 g/mol. The lowest BCUT2D eigenvalue weighted by atomic mass is 9.86. The van der Waals surface area contributed by atoms with Crippen LogP contribution < -0.4 is 9.47 Å². The summed E-state index contributed by atoms with van der Waals surface area (Å²) < 4.78 is 11.5. The summed E-state index contributed by atoms with van der Waals surface area (Å²) in [5.41, 5.74) is 3.61. The molecule has 0 saturated heterocycles. The van der Waals surface area contributed by atoms with Gasteiger partial charge in [-0.15, -0.1) is 0 Å². The molecule has 27 heavy (non-hydrogen) atoms. The van der Waals surface area contributed by atoms with Gasteiger partial charge in [-0.25, -0.2) is 9.59 Å². The number of carbonyl (C=O) groups is 2. The quantitative estimate of drug-likeness (QED) is 0.436. The molecular formula is C23H24O4. The summed E-state index contributed by atoms with van der Waals surface area (Å²) in [6.07, 6.45) is 3.54. The number of hydrogen-bond donors (Lipinski definition) is 0. The predicted molar refractivity (Wildman–Crippen MR) is 106 cm³/mol. The molecule has 0 spiro atoms. The molecule has 0 N–H and O–H groups in total. The van der Waals surface area contributed by atoms with Crippen molar-refractivity contribution in [3.05, 3.63) is 59.2 Å². The van der Waals surface area contributed by atoms with Crippen LogP contribution in [0.2, 0.25) is 0 Å². The van der Waals surface area contributed by atoms with Crippen molar-refractivity contribution >= 4 is 22.7 Å². The summed E-state index contributed by atoms with van der Waals surface area (Å²) in [7, 11) is 0. The van der Waals surface area contributed by atoms with Crippen LogP contribution in [0.1, 0.15) is 43.4 Å². The average Bonchev–Trinajstić information content (AvgIpc) is 2.63. The van der Waals surface area contributed by atoms with E-state index in [2.05, 4.69) is 13.2 Å². The summed E-state index contributed by atoms with van der Waals surface area (Å²) in [6, 6.07) is 5.84. The lowest BCUT2D eigenvalue weighted by Crippen LogP contribution is -2.16. The molecule has 4 heteroatoms. The maximum atomic E-state index is 12.3. The zero-order valence-corrected chi connectivity index (χ0v) is 16.1. The van der Waals surface area contributed by atoms with Gasteiger partial charge in [0, 0.05) is 33.0 Å². The second-order valence-electron chi connectivity index (χ2n) is 7.21. The molecule has 3 rings (SSSR count). The Balaban J connectivity index is 2.30. The van der Waals surface area contributed by atoms with E-state index in [0.29, 0.717) is 22.6 Å². The van der Waals surface area contributed by atoms with Gasteiger partial charge < -0.3 is 9.47 Å². The molecule has 2 aromatic rings. The summed E-state index contributed by atoms with van der Waals surface area (Å²) in [6.45, 7) is 12.6. The van der Waals surface area contributed by atoms with Crippen LogP contribution in [0.3, 0.4) is 0 Å². The molecule has 2 aromatic carbocycles. The molecule has 0 unspecified atom stereocenters. The Hall–Kier alpha value is -2.88. The molecule has 140 valence electrons. The van der Waals surface area contributed by atoms with E-state index in [1.54, 1.807) is 13.8 Å². The molecule has 0 amide bonds. The maximum absolute atomic E-state index is 12.3. The number of aryl methyl sites for hydroxylation is 1. The predicted octanol–water partition coefficient (Wildman–Crippen LogP) is 4.99. The molecule has 4 nitrogen and oxygen atoms in total. The number of esters is 2. The van der Waals surface area contributed by atoms with Gasteiger partial charge in [-0.1, -0.05) is 30.9 Å². The number of hydrogen-bond acceptors (Lipinski definition) is 4. The van der Waals surface area contributed by atoms with E-state index in [-0.39, 0.29) is 0 Å². The molecule has 1 aliphatic carbocycles. The van der Waals surface area contributed by atoms with Crippen LogP contribution in [0.15, 0.2) is 42.5 Å². The maximum Gasteiger partial charge on any atom is 0.338 e. The highest BCUT2D eigenvalue weighted by molar-refractivity contribution is 6.01. The molecule has 0 heterocycles. The van der Waals surface area contributed by atoms with Gasteiger partial charge >= 0.3 is 11.9 Å². The first-order valence-corrected chi connectivity index (χ1v) is 9.13. The Morgan fingerprint density at radius 1 is 0.852 bits per heavy atom. The largest absolute Gasteiger partial charge is 0.422 e. The number of carbonyl (C=O) groups excluding carboxylic acids is 2. The van der Waals surface area contributed by atoms with Gasteiger partial charge in [-0.3, -0.25) is 0 Å². The fourth-order valence-electron chi connectivity index (χ4n) is 3.37. The average molecular weight is 364 g/mol. The van der Waals surface area contributed by atoms with Crippen molar-refractivity contribution in [1.29, 1.82) is 0 Å². The van der Waals surface area contributed by atoms with Crippen LogP contribution >= 0.6 is 0 Å². The lowest BCUT2D eigenvalue weighted by Gasteiger charge is -2.24. The van der Waals surface area contributed by atoms with Crippen LogP contribution in [-0.4, -0.2) is 11.9 Å². The van der Waals surface area contributed by atoms with Gasteiger partial charge in [0.1, 0.15) is 11.5 Å². The standard InChI is InChI=1S/C23H24O4/c1-13(2)22(24)26-20-16-8-6-7-9-17(16)21(27-23(25)14(3)4)19-12-15(5)10-11-18(19)20/h10-12H,1,3,6-9H2,2,4-5H3. The molecule has 1 aliphatic rings. The third-order valence-corrected chi connectivity index (χ3v) is 4.77. The normalized spacial score (nSPS) is 13.0. The van der Waals surface area contributed by atoms with E-state index in [0.717, 1.165) is 53.1 Å². The van der Waals surface area contributed by atoms with Gasteiger partial charge in [0.25, 0.3) is 0 Å². The van der Waals surface area contributed by atoms with Crippen LogP contribution in [0.5, 0.6) is 11.5 Å². The number of fused-ring (bicyclic) bond motifs is 2. The minimum absolute atomic E-state index is 0.345. The van der Waals surface area contributed by atoms with E-state index in [9.17, 15) is 9.59 Å². The third kappa shape index (κ3) is 3.65. The first kappa shape index (κ1) is 18.9. The van der Waals surface area contributed by atoms with Crippen molar-refractivity contribution < 1.29 is 19.1 Å². The van der Waals surface area contributed by atoms with E-state index < -0.39 is 11.9 Å². The van der Waals surface area contributed by atoms with E-state index in [1.165, 1.54) is 0 Å². The van der Waals surface area contributed by atoms with E-state index >= 15 is 0 Å². The highest BCUT2D eigenvalue weighted by Gasteiger charge is 2.26. The Bertz CT molecular complexity index is 982. The molecule has 0 aromatic heterocycles. The third-order valence-electron chi connectivity index (χ3n) is 4.77. The SMILES string of the molecule is C=C(C)C(=O)Oc1c2c(c(OC(=O)C(=C)C)c3cc(C)ccc13)CCCC2. The minimum Gasteiger partial charge on any atom is -0.422 e. The van der Waals surface area contributed by atoms with Crippen LogP contribution in [0.25, 0.3) is 10.8 Å². The molecule has 0 saturated carbocycles. The van der Waals surface area contributed by atoms with Gasteiger partial charge in [0.15, 0.2) is 0 Å². The second kappa shape index (κ2) is 7.39. The van der Waals surface area contributed by atoms with Crippen molar-refractivity contribution in [3.63, 3.8) is 0 Å². The van der Waals surface area contributed by atoms with Gasteiger partial charge in [0.05, 0.1) is 0 Å². The van der Waals surface area contributed by atoms with Crippen molar-refractivity contribution in [3.8, 4) is 11.5 Å². The molecule has 0 aliphatic heterocycles. The number of ether oxygens (including phenoxy) is 2. The Kier molecular flexibility index (Phi) is 5.17. The second-order valence-corrected chi connectivity index (χ2v) is 7.21. The van der Waals surface area contributed by atoms with Crippen molar-refractivity contribution in [2.24, 2.45) is 0 Å².